The third-order valence-corrected chi connectivity index (χ3v) is 10.7. The van der Waals surface area contributed by atoms with E-state index in [0.717, 1.165) is 24.8 Å². The number of hydrogen-bond acceptors (Lipinski definition) is 0. The maximum Gasteiger partial charge on any atom is 0.159 e. The second kappa shape index (κ2) is 11.7. The summed E-state index contributed by atoms with van der Waals surface area (Å²) in [7, 11) is -0.617. The van der Waals surface area contributed by atoms with E-state index in [-0.39, 0.29) is 6.67 Å². The Morgan fingerprint density at radius 2 is 1.30 bits per heavy atom. The predicted molar refractivity (Wildman–Crippen MR) is 134 cm³/mol. The number of aryl methyl sites for hydroxylation is 2. The van der Waals surface area contributed by atoms with Gasteiger partial charge in [-0.1, -0.05) is 79.2 Å². The molecule has 0 nitrogen and oxygen atoms in total. The van der Waals surface area contributed by atoms with Crippen molar-refractivity contribution in [2.75, 3.05) is 6.67 Å². The first-order valence-electron chi connectivity index (χ1n) is 12.3. The molecule has 3 aromatic carbocycles. The molecule has 1 saturated heterocycles. The lowest BCUT2D eigenvalue weighted by Crippen LogP contribution is -2.20. The van der Waals surface area contributed by atoms with Gasteiger partial charge in [-0.05, 0) is 78.0 Å². The molecule has 0 saturated carbocycles. The Hall–Kier alpha value is -2.33. The number of benzene rings is 3. The fourth-order valence-corrected chi connectivity index (χ4v) is 8.59. The van der Waals surface area contributed by atoms with Crippen molar-refractivity contribution in [3.8, 4) is 11.1 Å². The van der Waals surface area contributed by atoms with Crippen molar-refractivity contribution in [2.24, 2.45) is 0 Å². The average molecular weight is 467 g/mol. The first-order valence-corrected chi connectivity index (χ1v) is 14.8. The first kappa shape index (κ1) is 23.8. The number of rotatable bonds is 9. The lowest BCUT2D eigenvalue weighted by molar-refractivity contribution is 0.468. The van der Waals surface area contributed by atoms with E-state index in [0.29, 0.717) is 12.3 Å². The highest BCUT2D eigenvalue weighted by Crippen LogP contribution is 2.36. The van der Waals surface area contributed by atoms with Gasteiger partial charge in [0.1, 0.15) is 0 Å². The minimum absolute atomic E-state index is 0.157. The molecule has 4 heteroatoms. The van der Waals surface area contributed by atoms with Crippen LogP contribution >= 0.6 is 0 Å². The monoisotopic (exact) mass is 466 g/mol. The quantitative estimate of drug-likeness (QED) is 0.220. The molecule has 0 radical (unpaired) electrons. The van der Waals surface area contributed by atoms with Crippen LogP contribution in [0.4, 0.5) is 13.2 Å². The SMILES string of the molecule is FCCCC[SiH]1CCC(c2ccc(-c3ccc(CCc4ccc(F)c(F)c4)cc3)cc2)CC1. The van der Waals surface area contributed by atoms with E-state index in [1.165, 1.54) is 65.4 Å². The molecule has 0 N–H and O–H groups in total. The Bertz CT molecular complexity index is 1010. The number of alkyl halides is 1. The summed E-state index contributed by atoms with van der Waals surface area (Å²) in [6.45, 7) is -0.157. The molecule has 1 aliphatic rings. The van der Waals surface area contributed by atoms with Gasteiger partial charge in [0.05, 0.1) is 6.67 Å². The molecule has 1 aliphatic heterocycles. The minimum atomic E-state index is -0.797. The van der Waals surface area contributed by atoms with Crippen molar-refractivity contribution in [3.63, 3.8) is 0 Å². The van der Waals surface area contributed by atoms with Crippen LogP contribution in [0, 0.1) is 11.6 Å². The molecule has 4 rings (SSSR count). The highest BCUT2D eigenvalue weighted by Gasteiger charge is 2.23. The molecule has 0 spiro atoms. The summed E-state index contributed by atoms with van der Waals surface area (Å²) < 4.78 is 38.8. The van der Waals surface area contributed by atoms with Crippen molar-refractivity contribution in [2.45, 2.75) is 62.6 Å². The Kier molecular flexibility index (Phi) is 8.44. The van der Waals surface area contributed by atoms with E-state index in [1.807, 2.05) is 0 Å². The third-order valence-electron chi connectivity index (χ3n) is 7.20. The maximum absolute atomic E-state index is 13.4. The Morgan fingerprint density at radius 3 is 1.94 bits per heavy atom. The summed E-state index contributed by atoms with van der Waals surface area (Å²) in [6, 6.07) is 25.9. The van der Waals surface area contributed by atoms with Crippen LogP contribution in [0.5, 0.6) is 0 Å². The van der Waals surface area contributed by atoms with Gasteiger partial charge < -0.3 is 0 Å². The second-order valence-electron chi connectivity index (χ2n) is 9.47. The van der Waals surface area contributed by atoms with Crippen molar-refractivity contribution >= 4 is 8.80 Å². The summed E-state index contributed by atoms with van der Waals surface area (Å²) in [5, 5.41) is 0. The van der Waals surface area contributed by atoms with E-state index in [2.05, 4.69) is 48.5 Å². The summed E-state index contributed by atoms with van der Waals surface area (Å²) in [5.41, 5.74) is 5.87. The van der Waals surface area contributed by atoms with Crippen LogP contribution in [0.1, 0.15) is 48.3 Å². The zero-order chi connectivity index (χ0) is 23.0. The predicted octanol–water partition coefficient (Wildman–Crippen LogP) is 8.27. The van der Waals surface area contributed by atoms with Crippen molar-refractivity contribution in [1.82, 2.24) is 0 Å². The molecule has 0 bridgehead atoms. The fraction of sp³-hybridized carbons (Fsp3) is 0.379. The number of halogens is 3. The molecular formula is C29H33F3Si. The fourth-order valence-electron chi connectivity index (χ4n) is 5.11. The van der Waals surface area contributed by atoms with Crippen LogP contribution in [0.2, 0.25) is 18.1 Å². The van der Waals surface area contributed by atoms with Crippen LogP contribution in [-0.2, 0) is 12.8 Å². The van der Waals surface area contributed by atoms with Gasteiger partial charge in [0.2, 0.25) is 0 Å². The summed E-state index contributed by atoms with van der Waals surface area (Å²) in [6.07, 6.45) is 5.94. The third kappa shape index (κ3) is 6.60. The van der Waals surface area contributed by atoms with Crippen molar-refractivity contribution < 1.29 is 13.2 Å². The molecule has 0 aliphatic carbocycles. The van der Waals surface area contributed by atoms with E-state index < -0.39 is 20.4 Å². The van der Waals surface area contributed by atoms with Crippen LogP contribution in [0.25, 0.3) is 11.1 Å². The van der Waals surface area contributed by atoms with Crippen LogP contribution in [0.3, 0.4) is 0 Å². The molecule has 1 heterocycles. The molecule has 0 unspecified atom stereocenters. The summed E-state index contributed by atoms with van der Waals surface area (Å²) in [4.78, 5) is 0. The summed E-state index contributed by atoms with van der Waals surface area (Å²) >= 11 is 0. The molecule has 0 amide bonds. The maximum atomic E-state index is 13.4. The Balaban J connectivity index is 1.29. The van der Waals surface area contributed by atoms with E-state index >= 15 is 0 Å². The standard InChI is InChI=1S/C29H33F3Si/c30-17-1-2-18-33-19-15-27(16-20-33)26-12-10-25(11-13-26)24-8-5-22(6-9-24)3-4-23-7-14-28(31)29(32)21-23/h5-14,21,27,33H,1-4,15-20H2. The topological polar surface area (TPSA) is 0 Å². The lowest BCUT2D eigenvalue weighted by Gasteiger charge is -2.28. The van der Waals surface area contributed by atoms with Crippen LogP contribution in [-0.4, -0.2) is 15.5 Å². The molecule has 33 heavy (non-hydrogen) atoms. The Labute approximate surface area is 197 Å². The first-order chi connectivity index (χ1) is 16.1. The average Bonchev–Trinajstić information content (AvgIpc) is 2.86. The van der Waals surface area contributed by atoms with Crippen LogP contribution < -0.4 is 0 Å². The molecule has 0 aromatic heterocycles. The summed E-state index contributed by atoms with van der Waals surface area (Å²) in [5.74, 6) is -0.897. The number of unbranched alkanes of at least 4 members (excludes halogenated alkanes) is 1. The molecule has 3 aromatic rings. The number of hydrogen-bond donors (Lipinski definition) is 0. The van der Waals surface area contributed by atoms with Gasteiger partial charge in [-0.3, -0.25) is 4.39 Å². The van der Waals surface area contributed by atoms with Gasteiger partial charge in [0.15, 0.2) is 11.6 Å². The highest BCUT2D eigenvalue weighted by atomic mass is 28.3. The van der Waals surface area contributed by atoms with Gasteiger partial charge in [0, 0.05) is 8.80 Å². The van der Waals surface area contributed by atoms with E-state index in [1.54, 1.807) is 6.07 Å². The van der Waals surface area contributed by atoms with Gasteiger partial charge in [-0.25, -0.2) is 8.78 Å². The zero-order valence-corrected chi connectivity index (χ0v) is 20.4. The lowest BCUT2D eigenvalue weighted by atomic mass is 9.91. The molecule has 174 valence electrons. The smallest absolute Gasteiger partial charge is 0.159 e. The van der Waals surface area contributed by atoms with Gasteiger partial charge in [0.25, 0.3) is 0 Å². The normalized spacial score (nSPS) is 18.4. The largest absolute Gasteiger partial charge is 0.251 e. The van der Waals surface area contributed by atoms with Crippen molar-refractivity contribution in [1.29, 1.82) is 0 Å². The molecule has 0 atom stereocenters. The van der Waals surface area contributed by atoms with Crippen LogP contribution in [0.15, 0.2) is 66.7 Å². The van der Waals surface area contributed by atoms with Gasteiger partial charge >= 0.3 is 0 Å². The van der Waals surface area contributed by atoms with Crippen molar-refractivity contribution in [3.05, 3.63) is 95.1 Å². The Morgan fingerprint density at radius 1 is 0.697 bits per heavy atom. The van der Waals surface area contributed by atoms with Gasteiger partial charge in [-0.2, -0.15) is 0 Å². The van der Waals surface area contributed by atoms with E-state index in [9.17, 15) is 13.2 Å². The second-order valence-corrected chi connectivity index (χ2v) is 12.9. The molecule has 1 fully saturated rings. The molecular weight excluding hydrogens is 433 g/mol. The highest BCUT2D eigenvalue weighted by molar-refractivity contribution is 6.59. The minimum Gasteiger partial charge on any atom is -0.251 e. The van der Waals surface area contributed by atoms with Gasteiger partial charge in [-0.15, -0.1) is 0 Å². The zero-order valence-electron chi connectivity index (χ0n) is 19.2. The van der Waals surface area contributed by atoms with E-state index in [4.69, 9.17) is 0 Å².